The van der Waals surface area contributed by atoms with Crippen LogP contribution < -0.4 is 0 Å². The van der Waals surface area contributed by atoms with E-state index < -0.39 is 0 Å². The molecule has 0 saturated carbocycles. The predicted octanol–water partition coefficient (Wildman–Crippen LogP) is 4.48. The Bertz CT molecular complexity index is 187. The first kappa shape index (κ1) is 15.5. The molecule has 1 aliphatic heterocycles. The normalized spacial score (nSPS) is 18.9. The quantitative estimate of drug-likeness (QED) is 0.601. The minimum Gasteiger partial charge on any atom is -0.493 e. The molecule has 0 amide bonds. The summed E-state index contributed by atoms with van der Waals surface area (Å²) < 4.78 is 5.32. The summed E-state index contributed by atoms with van der Waals surface area (Å²) in [5.74, 6) is 0.984. The molecule has 1 aliphatic rings. The Morgan fingerprint density at radius 1 is 1.21 bits per heavy atom. The van der Waals surface area contributed by atoms with Gasteiger partial charge in [0.05, 0.1) is 6.61 Å². The van der Waals surface area contributed by atoms with E-state index in [1.165, 1.54) is 5.57 Å². The standard InChI is InChI=1S/C9H12O.2C2H6/c1-3-5-9-8(4-2)6-7-10-9;2*1-2/h3-5H,1,6-7H2,2H3;2*1-2H3/b8-4-,9-5+;;. The summed E-state index contributed by atoms with van der Waals surface area (Å²) in [6, 6.07) is 0. The summed E-state index contributed by atoms with van der Waals surface area (Å²) in [4.78, 5) is 0. The van der Waals surface area contributed by atoms with Crippen LogP contribution in [0.2, 0.25) is 0 Å². The Balaban J connectivity index is 0. The number of ether oxygens (including phenoxy) is 1. The van der Waals surface area contributed by atoms with Gasteiger partial charge in [-0.1, -0.05) is 46.4 Å². The summed E-state index contributed by atoms with van der Waals surface area (Å²) in [5, 5.41) is 0. The highest BCUT2D eigenvalue weighted by atomic mass is 16.5. The van der Waals surface area contributed by atoms with E-state index >= 15 is 0 Å². The fraction of sp³-hybridized carbons (Fsp3) is 0.538. The Hall–Kier alpha value is -0.980. The maximum Gasteiger partial charge on any atom is 0.122 e. The second-order valence-electron chi connectivity index (χ2n) is 2.18. The van der Waals surface area contributed by atoms with Crippen molar-refractivity contribution < 1.29 is 4.74 Å². The molecule has 0 bridgehead atoms. The Kier molecular flexibility index (Phi) is 13.3. The van der Waals surface area contributed by atoms with Crippen LogP contribution in [0.5, 0.6) is 0 Å². The lowest BCUT2D eigenvalue weighted by Gasteiger charge is -1.95. The SMILES string of the molecule is C=C/C=C1/OCC/C1=C/C.CC.CC. The maximum absolute atomic E-state index is 5.32. The van der Waals surface area contributed by atoms with Gasteiger partial charge < -0.3 is 4.74 Å². The highest BCUT2D eigenvalue weighted by molar-refractivity contribution is 5.30. The zero-order valence-electron chi connectivity index (χ0n) is 10.3. The van der Waals surface area contributed by atoms with E-state index in [4.69, 9.17) is 4.74 Å². The van der Waals surface area contributed by atoms with Crippen LogP contribution in [0.3, 0.4) is 0 Å². The van der Waals surface area contributed by atoms with Crippen molar-refractivity contribution in [1.29, 1.82) is 0 Å². The molecule has 0 aromatic rings. The van der Waals surface area contributed by atoms with Gasteiger partial charge in [0.25, 0.3) is 0 Å². The van der Waals surface area contributed by atoms with Crippen LogP contribution in [-0.2, 0) is 4.74 Å². The van der Waals surface area contributed by atoms with Gasteiger partial charge in [-0.15, -0.1) is 0 Å². The number of hydrogen-bond acceptors (Lipinski definition) is 1. The van der Waals surface area contributed by atoms with Crippen molar-refractivity contribution in [2.45, 2.75) is 41.0 Å². The maximum atomic E-state index is 5.32. The molecule has 1 rings (SSSR count). The summed E-state index contributed by atoms with van der Waals surface area (Å²) >= 11 is 0. The molecule has 14 heavy (non-hydrogen) atoms. The van der Waals surface area contributed by atoms with Crippen LogP contribution in [0, 0.1) is 0 Å². The zero-order chi connectivity index (χ0) is 11.4. The molecule has 0 spiro atoms. The zero-order valence-corrected chi connectivity index (χ0v) is 10.3. The van der Waals surface area contributed by atoms with E-state index in [0.29, 0.717) is 0 Å². The van der Waals surface area contributed by atoms with Gasteiger partial charge in [-0.05, 0) is 18.6 Å². The summed E-state index contributed by atoms with van der Waals surface area (Å²) in [6.07, 6.45) is 6.78. The first-order valence-electron chi connectivity index (χ1n) is 5.49. The van der Waals surface area contributed by atoms with Crippen molar-refractivity contribution in [2.24, 2.45) is 0 Å². The van der Waals surface area contributed by atoms with E-state index in [9.17, 15) is 0 Å². The number of rotatable bonds is 1. The molecule has 0 aromatic carbocycles. The molecule has 0 unspecified atom stereocenters. The molecule has 82 valence electrons. The second kappa shape index (κ2) is 12.0. The van der Waals surface area contributed by atoms with Gasteiger partial charge in [-0.3, -0.25) is 0 Å². The van der Waals surface area contributed by atoms with Crippen LogP contribution in [0.4, 0.5) is 0 Å². The van der Waals surface area contributed by atoms with Crippen molar-refractivity contribution in [3.8, 4) is 0 Å². The first-order valence-corrected chi connectivity index (χ1v) is 5.49. The third-order valence-corrected chi connectivity index (χ3v) is 1.56. The molecule has 0 aliphatic carbocycles. The molecule has 0 N–H and O–H groups in total. The lowest BCUT2D eigenvalue weighted by Crippen LogP contribution is -1.78. The molecule has 0 aromatic heterocycles. The summed E-state index contributed by atoms with van der Waals surface area (Å²) in [7, 11) is 0. The van der Waals surface area contributed by atoms with E-state index in [0.717, 1.165) is 18.8 Å². The molecule has 1 fully saturated rings. The van der Waals surface area contributed by atoms with Crippen LogP contribution in [0.1, 0.15) is 41.0 Å². The second-order valence-corrected chi connectivity index (χ2v) is 2.18. The van der Waals surface area contributed by atoms with Crippen molar-refractivity contribution in [2.75, 3.05) is 6.61 Å². The van der Waals surface area contributed by atoms with Gasteiger partial charge >= 0.3 is 0 Å². The van der Waals surface area contributed by atoms with E-state index in [1.807, 2.05) is 40.7 Å². The minimum atomic E-state index is 0.819. The number of allylic oxidation sites excluding steroid dienone is 4. The van der Waals surface area contributed by atoms with Crippen molar-refractivity contribution in [3.05, 3.63) is 36.1 Å². The lowest BCUT2D eigenvalue weighted by molar-refractivity contribution is 0.266. The number of hydrogen-bond donors (Lipinski definition) is 0. The third kappa shape index (κ3) is 5.63. The third-order valence-electron chi connectivity index (χ3n) is 1.56. The average Bonchev–Trinajstić information content (AvgIpc) is 2.72. The van der Waals surface area contributed by atoms with Crippen molar-refractivity contribution >= 4 is 0 Å². The van der Waals surface area contributed by atoms with Gasteiger partial charge in [0.2, 0.25) is 0 Å². The molecule has 0 atom stereocenters. The van der Waals surface area contributed by atoms with E-state index in [2.05, 4.69) is 12.7 Å². The summed E-state index contributed by atoms with van der Waals surface area (Å²) in [5.41, 5.74) is 1.29. The molecule has 0 radical (unpaired) electrons. The van der Waals surface area contributed by atoms with Crippen molar-refractivity contribution in [3.63, 3.8) is 0 Å². The van der Waals surface area contributed by atoms with Crippen LogP contribution >= 0.6 is 0 Å². The van der Waals surface area contributed by atoms with Gasteiger partial charge in [0.15, 0.2) is 0 Å². The monoisotopic (exact) mass is 196 g/mol. The Morgan fingerprint density at radius 3 is 2.21 bits per heavy atom. The fourth-order valence-corrected chi connectivity index (χ4v) is 1.04. The smallest absolute Gasteiger partial charge is 0.122 e. The van der Waals surface area contributed by atoms with E-state index in [1.54, 1.807) is 6.08 Å². The van der Waals surface area contributed by atoms with Gasteiger partial charge in [0.1, 0.15) is 5.76 Å². The Labute approximate surface area is 89.2 Å². The lowest BCUT2D eigenvalue weighted by atomic mass is 10.2. The molecule has 1 heteroatoms. The average molecular weight is 196 g/mol. The van der Waals surface area contributed by atoms with Gasteiger partial charge in [0, 0.05) is 6.42 Å². The van der Waals surface area contributed by atoms with E-state index in [-0.39, 0.29) is 0 Å². The van der Waals surface area contributed by atoms with Crippen molar-refractivity contribution in [1.82, 2.24) is 0 Å². The minimum absolute atomic E-state index is 0.819. The summed E-state index contributed by atoms with van der Waals surface area (Å²) in [6.45, 7) is 14.5. The van der Waals surface area contributed by atoms with Crippen LogP contribution in [-0.4, -0.2) is 6.61 Å². The topological polar surface area (TPSA) is 9.23 Å². The van der Waals surface area contributed by atoms with Crippen LogP contribution in [0.15, 0.2) is 36.1 Å². The van der Waals surface area contributed by atoms with Gasteiger partial charge in [-0.2, -0.15) is 0 Å². The Morgan fingerprint density at radius 2 is 1.79 bits per heavy atom. The fourth-order valence-electron chi connectivity index (χ4n) is 1.04. The molecule has 1 heterocycles. The van der Waals surface area contributed by atoms with Gasteiger partial charge in [-0.25, -0.2) is 0 Å². The first-order chi connectivity index (χ1) is 6.88. The highest BCUT2D eigenvalue weighted by Gasteiger charge is 2.11. The predicted molar refractivity (Wildman–Crippen MR) is 65.3 cm³/mol. The molecular formula is C13H24O. The molecule has 1 saturated heterocycles. The highest BCUT2D eigenvalue weighted by Crippen LogP contribution is 2.22. The van der Waals surface area contributed by atoms with Crippen LogP contribution in [0.25, 0.3) is 0 Å². The molecule has 1 nitrogen and oxygen atoms in total. The molecular weight excluding hydrogens is 172 g/mol. The largest absolute Gasteiger partial charge is 0.493 e.